The van der Waals surface area contributed by atoms with Crippen LogP contribution in [0.15, 0.2) is 12.7 Å². The lowest BCUT2D eigenvalue weighted by atomic mass is 9.44. The van der Waals surface area contributed by atoms with Gasteiger partial charge in [-0.1, -0.05) is 19.9 Å². The fourth-order valence-electron chi connectivity index (χ4n) is 8.14. The minimum Gasteiger partial charge on any atom is -0.393 e. The quantitative estimate of drug-likeness (QED) is 0.659. The first-order valence-electron chi connectivity index (χ1n) is 10.4. The van der Waals surface area contributed by atoms with Crippen LogP contribution in [0.1, 0.15) is 78.1 Å². The maximum Gasteiger partial charge on any atom is 0.0543 e. The molecule has 0 amide bonds. The van der Waals surface area contributed by atoms with E-state index in [9.17, 15) is 5.11 Å². The third-order valence-corrected chi connectivity index (χ3v) is 9.36. The molecule has 4 rings (SSSR count). The highest BCUT2D eigenvalue weighted by molar-refractivity contribution is 5.12. The van der Waals surface area contributed by atoms with Gasteiger partial charge in [0.2, 0.25) is 0 Å². The molecule has 0 aromatic heterocycles. The SMILES string of the molecule is C=CC1CC[C@H]2C3CC[C@H]4C[C@H](O)CCC4(C)[C@H]3CCC12CC. The second kappa shape index (κ2) is 5.61. The van der Waals surface area contributed by atoms with Crippen LogP contribution in [-0.4, -0.2) is 11.2 Å². The van der Waals surface area contributed by atoms with Crippen molar-refractivity contribution in [1.82, 2.24) is 0 Å². The number of aliphatic hydroxyl groups is 1. The van der Waals surface area contributed by atoms with Crippen LogP contribution in [0.4, 0.5) is 0 Å². The lowest BCUT2D eigenvalue weighted by Crippen LogP contribution is -2.54. The van der Waals surface area contributed by atoms with Gasteiger partial charge in [0.25, 0.3) is 0 Å². The summed E-state index contributed by atoms with van der Waals surface area (Å²) in [6.45, 7) is 9.23. The minimum absolute atomic E-state index is 0.0143. The van der Waals surface area contributed by atoms with Gasteiger partial charge in [0.05, 0.1) is 6.10 Å². The topological polar surface area (TPSA) is 20.2 Å². The molecule has 0 saturated heterocycles. The number of hydrogen-bond donors (Lipinski definition) is 1. The zero-order valence-corrected chi connectivity index (χ0v) is 15.3. The first kappa shape index (κ1) is 16.2. The van der Waals surface area contributed by atoms with Crippen molar-refractivity contribution >= 4 is 0 Å². The maximum absolute atomic E-state index is 10.1. The Labute approximate surface area is 142 Å². The summed E-state index contributed by atoms with van der Waals surface area (Å²) in [5, 5.41) is 10.1. The molecule has 0 aliphatic heterocycles. The van der Waals surface area contributed by atoms with E-state index in [0.29, 0.717) is 10.8 Å². The maximum atomic E-state index is 10.1. The van der Waals surface area contributed by atoms with E-state index in [2.05, 4.69) is 26.5 Å². The molecule has 1 nitrogen and oxygen atoms in total. The van der Waals surface area contributed by atoms with Crippen LogP contribution in [0.25, 0.3) is 0 Å². The van der Waals surface area contributed by atoms with Crippen LogP contribution in [0.2, 0.25) is 0 Å². The Kier molecular flexibility index (Phi) is 3.95. The fraction of sp³-hybridized carbons (Fsp3) is 0.909. The lowest BCUT2D eigenvalue weighted by molar-refractivity contribution is -0.128. The Balaban J connectivity index is 1.63. The van der Waals surface area contributed by atoms with Crippen LogP contribution in [0.5, 0.6) is 0 Å². The van der Waals surface area contributed by atoms with Gasteiger partial charge < -0.3 is 5.11 Å². The summed E-state index contributed by atoms with van der Waals surface area (Å²) < 4.78 is 0. The molecule has 0 spiro atoms. The normalized spacial score (nSPS) is 55.6. The summed E-state index contributed by atoms with van der Waals surface area (Å²) in [5.41, 5.74) is 1.11. The average molecular weight is 317 g/mol. The van der Waals surface area contributed by atoms with E-state index >= 15 is 0 Å². The van der Waals surface area contributed by atoms with Crippen molar-refractivity contribution in [3.63, 3.8) is 0 Å². The molecular formula is C22H36O. The third-order valence-electron chi connectivity index (χ3n) is 9.36. The molecule has 1 heteroatoms. The van der Waals surface area contributed by atoms with Gasteiger partial charge in [0.1, 0.15) is 0 Å². The molecule has 1 N–H and O–H groups in total. The second-order valence-corrected chi connectivity index (χ2v) is 9.63. The zero-order valence-electron chi connectivity index (χ0n) is 15.3. The van der Waals surface area contributed by atoms with Crippen molar-refractivity contribution in [1.29, 1.82) is 0 Å². The van der Waals surface area contributed by atoms with Gasteiger partial charge in [0.15, 0.2) is 0 Å². The van der Waals surface area contributed by atoms with E-state index in [-0.39, 0.29) is 6.10 Å². The summed E-state index contributed by atoms with van der Waals surface area (Å²) >= 11 is 0. The van der Waals surface area contributed by atoms with Crippen LogP contribution in [-0.2, 0) is 0 Å². The molecule has 8 atom stereocenters. The number of aliphatic hydroxyl groups excluding tert-OH is 1. The van der Waals surface area contributed by atoms with Crippen LogP contribution in [0, 0.1) is 40.4 Å². The summed E-state index contributed by atoms with van der Waals surface area (Å²) in [6, 6.07) is 0. The third kappa shape index (κ3) is 2.14. The number of fused-ring (bicyclic) bond motifs is 5. The molecule has 130 valence electrons. The highest BCUT2D eigenvalue weighted by Gasteiger charge is 2.60. The summed E-state index contributed by atoms with van der Waals surface area (Å²) in [4.78, 5) is 0. The Hall–Kier alpha value is -0.300. The van der Waals surface area contributed by atoms with Gasteiger partial charge in [0, 0.05) is 0 Å². The predicted octanol–water partition coefficient (Wildman–Crippen LogP) is 5.58. The Morgan fingerprint density at radius 2 is 1.87 bits per heavy atom. The van der Waals surface area contributed by atoms with E-state index < -0.39 is 0 Å². The van der Waals surface area contributed by atoms with Crippen molar-refractivity contribution < 1.29 is 5.11 Å². The summed E-state index contributed by atoms with van der Waals surface area (Å²) in [5.74, 6) is 4.42. The Morgan fingerprint density at radius 3 is 2.61 bits per heavy atom. The van der Waals surface area contributed by atoms with Gasteiger partial charge >= 0.3 is 0 Å². The number of hydrogen-bond acceptors (Lipinski definition) is 1. The molecule has 0 bridgehead atoms. The Bertz CT molecular complexity index is 471. The first-order valence-corrected chi connectivity index (χ1v) is 10.4. The molecular weight excluding hydrogens is 280 g/mol. The zero-order chi connectivity index (χ0) is 16.2. The van der Waals surface area contributed by atoms with Gasteiger partial charge in [-0.3, -0.25) is 0 Å². The van der Waals surface area contributed by atoms with Crippen molar-refractivity contribution in [3.05, 3.63) is 12.7 Å². The largest absolute Gasteiger partial charge is 0.393 e. The highest BCUT2D eigenvalue weighted by Crippen LogP contribution is 2.68. The molecule has 0 aromatic rings. The second-order valence-electron chi connectivity index (χ2n) is 9.63. The molecule has 0 aromatic carbocycles. The van der Waals surface area contributed by atoms with Gasteiger partial charge in [-0.05, 0) is 105 Å². The molecule has 4 fully saturated rings. The highest BCUT2D eigenvalue weighted by atomic mass is 16.3. The van der Waals surface area contributed by atoms with Crippen LogP contribution >= 0.6 is 0 Å². The molecule has 4 unspecified atom stereocenters. The van der Waals surface area contributed by atoms with Crippen LogP contribution in [0.3, 0.4) is 0 Å². The molecule has 23 heavy (non-hydrogen) atoms. The molecule has 0 heterocycles. The number of rotatable bonds is 2. The van der Waals surface area contributed by atoms with Crippen molar-refractivity contribution in [2.45, 2.75) is 84.2 Å². The summed E-state index contributed by atoms with van der Waals surface area (Å²) in [6.07, 6.45) is 15.6. The predicted molar refractivity (Wildman–Crippen MR) is 96.0 cm³/mol. The summed E-state index contributed by atoms with van der Waals surface area (Å²) in [7, 11) is 0. The van der Waals surface area contributed by atoms with Gasteiger partial charge in [-0.15, -0.1) is 6.58 Å². The van der Waals surface area contributed by atoms with Crippen molar-refractivity contribution in [3.8, 4) is 0 Å². The van der Waals surface area contributed by atoms with E-state index in [0.717, 1.165) is 42.4 Å². The first-order chi connectivity index (χ1) is 11.0. The van der Waals surface area contributed by atoms with Crippen molar-refractivity contribution in [2.24, 2.45) is 40.4 Å². The smallest absolute Gasteiger partial charge is 0.0543 e. The standard InChI is InChI=1S/C22H36O/c1-4-15-7-9-20-18-8-6-16-14-17(23)10-12-21(16,3)19(18)11-13-22(15,20)5-2/h4,15-20,23H,1,5-14H2,2-3H3/t15?,16-,17+,18?,19-,20-,21?,22?/m0/s1. The van der Waals surface area contributed by atoms with Crippen LogP contribution < -0.4 is 0 Å². The molecule has 4 aliphatic carbocycles. The van der Waals surface area contributed by atoms with E-state index in [1.165, 1.54) is 51.4 Å². The van der Waals surface area contributed by atoms with E-state index in [1.807, 2.05) is 0 Å². The fourth-order valence-corrected chi connectivity index (χ4v) is 8.14. The van der Waals surface area contributed by atoms with Crippen molar-refractivity contribution in [2.75, 3.05) is 0 Å². The lowest BCUT2D eigenvalue weighted by Gasteiger charge is -2.61. The monoisotopic (exact) mass is 316 g/mol. The molecule has 4 aliphatic rings. The van der Waals surface area contributed by atoms with E-state index in [1.54, 1.807) is 0 Å². The average Bonchev–Trinajstić information content (AvgIpc) is 2.94. The van der Waals surface area contributed by atoms with Gasteiger partial charge in [-0.2, -0.15) is 0 Å². The molecule has 4 saturated carbocycles. The molecule has 0 radical (unpaired) electrons. The Morgan fingerprint density at radius 1 is 1.04 bits per heavy atom. The minimum atomic E-state index is -0.0143. The van der Waals surface area contributed by atoms with E-state index in [4.69, 9.17) is 0 Å². The van der Waals surface area contributed by atoms with Gasteiger partial charge in [-0.25, -0.2) is 0 Å². The number of allylic oxidation sites excluding steroid dienone is 1.